The molecule has 0 aliphatic carbocycles. The predicted octanol–water partition coefficient (Wildman–Crippen LogP) is 0.926. The summed E-state index contributed by atoms with van der Waals surface area (Å²) in [4.78, 5) is -0.207. The maximum Gasteiger partial charge on any atom is 1.00 e. The third kappa shape index (κ3) is 7.38. The number of unbranched alkanes of at least 4 members (excludes halogenated alkanes) is 3. The van der Waals surface area contributed by atoms with Crippen LogP contribution in [0, 0.1) is 0 Å². The zero-order valence-corrected chi connectivity index (χ0v) is 18.5. The average molecular weight is 389 g/mol. The topological polar surface area (TPSA) is 86.7 Å². The van der Waals surface area contributed by atoms with Crippen molar-refractivity contribution in [2.45, 2.75) is 43.9 Å². The van der Waals surface area contributed by atoms with E-state index in [2.05, 4.69) is 6.92 Å². The Balaban J connectivity index is 0.00000312. The molecule has 0 radical (unpaired) electrons. The van der Waals surface area contributed by atoms with Gasteiger partial charge in [0.15, 0.2) is 0 Å². The van der Waals surface area contributed by atoms with E-state index < -0.39 is 10.1 Å². The summed E-state index contributed by atoms with van der Waals surface area (Å²) in [5.74, 6) is 0.730. The van der Waals surface area contributed by atoms with Gasteiger partial charge in [-0.25, -0.2) is 0 Å². The van der Waals surface area contributed by atoms with Crippen molar-refractivity contribution in [3.05, 3.63) is 48.0 Å². The number of benzene rings is 2. The van der Waals surface area contributed by atoms with E-state index in [1.54, 1.807) is 12.1 Å². The molecule has 0 saturated carbocycles. The predicted molar refractivity (Wildman–Crippen MR) is 90.1 cm³/mol. The zero-order valence-electron chi connectivity index (χ0n) is 14.6. The first kappa shape index (κ1) is 22.6. The SMILES string of the molecule is CCCCCCc1ccc(Oc2ccc(S(=O)(=O)O)cc2)cc1[O-].[K+]. The van der Waals surface area contributed by atoms with Crippen molar-refractivity contribution < 1.29 is 74.2 Å². The Morgan fingerprint density at radius 3 is 2.20 bits per heavy atom. The molecule has 2 aromatic rings. The maximum absolute atomic E-state index is 12.1. The fourth-order valence-electron chi connectivity index (χ4n) is 2.36. The van der Waals surface area contributed by atoms with Crippen molar-refractivity contribution in [3.63, 3.8) is 0 Å². The molecule has 0 bridgehead atoms. The molecule has 5 nitrogen and oxygen atoms in total. The van der Waals surface area contributed by atoms with Crippen LogP contribution in [-0.4, -0.2) is 13.0 Å². The van der Waals surface area contributed by atoms with Crippen LogP contribution in [0.3, 0.4) is 0 Å². The Kier molecular flexibility index (Phi) is 9.65. The van der Waals surface area contributed by atoms with Crippen molar-refractivity contribution in [2.24, 2.45) is 0 Å². The number of aryl methyl sites for hydroxylation is 1. The Bertz CT molecular complexity index is 773. The molecule has 0 amide bonds. The summed E-state index contributed by atoms with van der Waals surface area (Å²) in [6.07, 6.45) is 5.22. The van der Waals surface area contributed by atoms with Gasteiger partial charge in [-0.3, -0.25) is 4.55 Å². The molecule has 0 heterocycles. The van der Waals surface area contributed by atoms with Gasteiger partial charge >= 0.3 is 51.4 Å². The maximum atomic E-state index is 12.1. The normalized spacial score (nSPS) is 11.0. The van der Waals surface area contributed by atoms with E-state index in [9.17, 15) is 13.5 Å². The minimum atomic E-state index is -4.22. The second-order valence-corrected chi connectivity index (χ2v) is 7.05. The van der Waals surface area contributed by atoms with Crippen LogP contribution < -0.4 is 61.2 Å². The van der Waals surface area contributed by atoms with Gasteiger partial charge in [-0.05, 0) is 49.2 Å². The second-order valence-electron chi connectivity index (χ2n) is 5.63. The van der Waals surface area contributed by atoms with Gasteiger partial charge < -0.3 is 9.84 Å². The van der Waals surface area contributed by atoms with Crippen LogP contribution in [0.1, 0.15) is 38.2 Å². The van der Waals surface area contributed by atoms with Gasteiger partial charge in [0.05, 0.1) is 4.90 Å². The molecule has 25 heavy (non-hydrogen) atoms. The smallest absolute Gasteiger partial charge is 0.872 e. The third-order valence-corrected chi connectivity index (χ3v) is 4.56. The van der Waals surface area contributed by atoms with Crippen LogP contribution in [0.4, 0.5) is 0 Å². The molecule has 0 atom stereocenters. The van der Waals surface area contributed by atoms with Crippen LogP contribution >= 0.6 is 0 Å². The van der Waals surface area contributed by atoms with Crippen molar-refractivity contribution in [1.82, 2.24) is 0 Å². The van der Waals surface area contributed by atoms with Gasteiger partial charge in [-0.15, -0.1) is 5.75 Å². The number of hydrogen-bond donors (Lipinski definition) is 1. The minimum absolute atomic E-state index is 0. The summed E-state index contributed by atoms with van der Waals surface area (Å²) >= 11 is 0. The standard InChI is InChI=1S/C18H22O5S.K/c1-2-3-4-5-6-14-7-8-16(13-18(14)19)23-15-9-11-17(12-10-15)24(20,21)22;/h7-13,19H,2-6H2,1H3,(H,20,21,22);/q;+1/p-1. The Hall–Kier alpha value is -0.414. The van der Waals surface area contributed by atoms with Crippen molar-refractivity contribution >= 4 is 10.1 Å². The van der Waals surface area contributed by atoms with E-state index in [0.29, 0.717) is 11.5 Å². The van der Waals surface area contributed by atoms with Gasteiger partial charge in [-0.2, -0.15) is 8.42 Å². The Morgan fingerprint density at radius 2 is 1.64 bits per heavy atom. The zero-order chi connectivity index (χ0) is 17.6. The number of ether oxygens (including phenoxy) is 1. The molecule has 1 N–H and O–H groups in total. The van der Waals surface area contributed by atoms with Gasteiger partial charge in [0.25, 0.3) is 10.1 Å². The molecule has 0 aromatic heterocycles. The molecular weight excluding hydrogens is 367 g/mol. The first-order valence-corrected chi connectivity index (χ1v) is 9.39. The van der Waals surface area contributed by atoms with Gasteiger partial charge in [0.2, 0.25) is 0 Å². The molecule has 0 spiro atoms. The van der Waals surface area contributed by atoms with E-state index in [1.165, 1.54) is 36.8 Å². The molecule has 2 rings (SSSR count). The van der Waals surface area contributed by atoms with Crippen molar-refractivity contribution in [1.29, 1.82) is 0 Å². The average Bonchev–Trinajstić information content (AvgIpc) is 2.53. The summed E-state index contributed by atoms with van der Waals surface area (Å²) < 4.78 is 36.5. The van der Waals surface area contributed by atoms with E-state index in [0.717, 1.165) is 31.2 Å². The summed E-state index contributed by atoms with van der Waals surface area (Å²) in [5, 5.41) is 12.1. The summed E-state index contributed by atoms with van der Waals surface area (Å²) in [6, 6.07) is 10.3. The second kappa shape index (κ2) is 10.7. The fourth-order valence-corrected chi connectivity index (χ4v) is 2.84. The molecule has 130 valence electrons. The van der Waals surface area contributed by atoms with Crippen LogP contribution in [0.2, 0.25) is 0 Å². The Labute approximate surface area is 191 Å². The first-order chi connectivity index (χ1) is 11.4. The van der Waals surface area contributed by atoms with Crippen LogP contribution in [-0.2, 0) is 16.5 Å². The largest absolute Gasteiger partial charge is 1.00 e. The third-order valence-electron chi connectivity index (χ3n) is 3.70. The molecule has 0 unspecified atom stereocenters. The van der Waals surface area contributed by atoms with Crippen LogP contribution in [0.25, 0.3) is 0 Å². The molecule has 0 aliphatic heterocycles. The molecule has 0 saturated heterocycles. The van der Waals surface area contributed by atoms with Crippen molar-refractivity contribution in [2.75, 3.05) is 0 Å². The van der Waals surface area contributed by atoms with Crippen molar-refractivity contribution in [3.8, 4) is 17.2 Å². The summed E-state index contributed by atoms with van der Waals surface area (Å²) in [5.41, 5.74) is 0.778. The molecule has 2 aromatic carbocycles. The molecule has 7 heteroatoms. The Morgan fingerprint density at radius 1 is 1.00 bits per heavy atom. The van der Waals surface area contributed by atoms with Gasteiger partial charge in [-0.1, -0.05) is 37.8 Å². The van der Waals surface area contributed by atoms with E-state index in [4.69, 9.17) is 9.29 Å². The fraction of sp³-hybridized carbons (Fsp3) is 0.333. The quantitative estimate of drug-likeness (QED) is 0.413. The van der Waals surface area contributed by atoms with E-state index >= 15 is 0 Å². The van der Waals surface area contributed by atoms with Gasteiger partial charge in [0, 0.05) is 0 Å². The summed E-state index contributed by atoms with van der Waals surface area (Å²) in [7, 11) is -4.22. The summed E-state index contributed by atoms with van der Waals surface area (Å²) in [6.45, 7) is 2.15. The minimum Gasteiger partial charge on any atom is -0.872 e. The van der Waals surface area contributed by atoms with E-state index in [-0.39, 0.29) is 62.0 Å². The molecule has 0 fully saturated rings. The molecular formula is C18H21KO5S. The van der Waals surface area contributed by atoms with Crippen LogP contribution in [0.15, 0.2) is 47.4 Å². The van der Waals surface area contributed by atoms with Gasteiger partial charge in [0.1, 0.15) is 11.5 Å². The van der Waals surface area contributed by atoms with Crippen LogP contribution in [0.5, 0.6) is 17.2 Å². The number of rotatable bonds is 8. The number of hydrogen-bond acceptors (Lipinski definition) is 4. The molecule has 0 aliphatic rings. The first-order valence-electron chi connectivity index (χ1n) is 7.95. The van der Waals surface area contributed by atoms with E-state index in [1.807, 2.05) is 0 Å². The monoisotopic (exact) mass is 388 g/mol.